The smallest absolute Gasteiger partial charge is 0.269 e. The van der Waals surface area contributed by atoms with Gasteiger partial charge in [-0.3, -0.25) is 33.7 Å². The number of methoxy groups -OCH3 is 2. The SMILES string of the molecule is CCC(C)C(C(CC(=O)N1CCC[C@H]1C(OC)C(C)C(=O)NC(Cc1c[nH]c2ccccc12)C(=O)N1CCCCO1)OC)N(C)C(=O)C(NC(=O)C(C(C)C)N(C)CCCCCCN)C(C)C. The standard InChI is InChI=1S/C51H86N8O8/c1-12-35(6)46(57(9)51(64)44(33(2)3)55-49(62)45(34(4)5)56(8)26-18-14-13-17-25-52)42(65-10)31-43(60)58-27-21-24-41(58)47(66-11)36(7)48(61)54-40(50(63)59-28-19-20-29-67-59)30-37-32-53-39-23-16-15-22-38(37)39/h15-16,22-23,32-36,40-42,44-47,53H,12-14,17-21,24-31,52H2,1-11H3,(H,54,61)(H,55,62)/t35?,36?,40?,41-,42?,44?,45?,46?,47?/m0/s1. The Morgan fingerprint density at radius 3 is 2.24 bits per heavy atom. The molecule has 16 nitrogen and oxygen atoms in total. The highest BCUT2D eigenvalue weighted by Crippen LogP contribution is 2.30. The van der Waals surface area contributed by atoms with E-state index in [2.05, 4.69) is 34.4 Å². The van der Waals surface area contributed by atoms with Crippen molar-refractivity contribution in [3.05, 3.63) is 36.0 Å². The highest BCUT2D eigenvalue weighted by atomic mass is 16.7. The van der Waals surface area contributed by atoms with E-state index in [1.807, 2.05) is 65.2 Å². The molecule has 1 aromatic heterocycles. The summed E-state index contributed by atoms with van der Waals surface area (Å²) in [7, 11) is 6.84. The average molecular weight is 939 g/mol. The van der Waals surface area contributed by atoms with Crippen LogP contribution in [0.1, 0.15) is 118 Å². The number of likely N-dealkylation sites (tertiary alicyclic amines) is 1. The maximum absolute atomic E-state index is 14.6. The topological polar surface area (TPSA) is 192 Å². The van der Waals surface area contributed by atoms with Gasteiger partial charge in [0.25, 0.3) is 5.91 Å². The number of ether oxygens (including phenoxy) is 2. The number of carbonyl (C=O) groups excluding carboxylic acids is 5. The highest BCUT2D eigenvalue weighted by molar-refractivity contribution is 5.91. The Kier molecular flexibility index (Phi) is 22.5. The fraction of sp³-hybridized carbons (Fsp3) is 0.745. The number of carbonyl (C=O) groups is 5. The molecule has 0 spiro atoms. The van der Waals surface area contributed by atoms with Crippen LogP contribution in [0.15, 0.2) is 30.5 Å². The molecule has 16 heteroatoms. The van der Waals surface area contributed by atoms with Crippen LogP contribution in [0.25, 0.3) is 10.9 Å². The summed E-state index contributed by atoms with van der Waals surface area (Å²) in [4.78, 5) is 86.0. The van der Waals surface area contributed by atoms with Crippen molar-refractivity contribution in [2.45, 2.75) is 162 Å². The molecule has 2 saturated heterocycles. The quantitative estimate of drug-likeness (QED) is 0.0857. The van der Waals surface area contributed by atoms with Crippen LogP contribution in [-0.4, -0.2) is 158 Å². The molecule has 8 unspecified atom stereocenters. The van der Waals surface area contributed by atoms with Crippen molar-refractivity contribution in [1.29, 1.82) is 0 Å². The molecular weight excluding hydrogens is 853 g/mol. The predicted octanol–water partition coefficient (Wildman–Crippen LogP) is 5.29. The maximum Gasteiger partial charge on any atom is 0.269 e. The van der Waals surface area contributed by atoms with Crippen LogP contribution in [0.2, 0.25) is 0 Å². The zero-order chi connectivity index (χ0) is 49.4. The van der Waals surface area contributed by atoms with Gasteiger partial charge in [-0.15, -0.1) is 0 Å². The number of aromatic nitrogens is 1. The van der Waals surface area contributed by atoms with Gasteiger partial charge in [-0.1, -0.05) is 85.9 Å². The number of amides is 5. The monoisotopic (exact) mass is 939 g/mol. The minimum Gasteiger partial charge on any atom is -0.379 e. The van der Waals surface area contributed by atoms with E-state index >= 15 is 0 Å². The van der Waals surface area contributed by atoms with Gasteiger partial charge in [-0.05, 0) is 88.0 Å². The van der Waals surface area contributed by atoms with Gasteiger partial charge in [-0.2, -0.15) is 0 Å². The number of hydroxylamine groups is 2. The lowest BCUT2D eigenvalue weighted by Gasteiger charge is -2.41. The van der Waals surface area contributed by atoms with Crippen molar-refractivity contribution in [2.75, 3.05) is 61.1 Å². The van der Waals surface area contributed by atoms with E-state index in [4.69, 9.17) is 20.0 Å². The lowest BCUT2D eigenvalue weighted by molar-refractivity contribution is -0.199. The van der Waals surface area contributed by atoms with E-state index in [1.54, 1.807) is 38.0 Å². The Labute approximate surface area is 401 Å². The lowest BCUT2D eigenvalue weighted by atomic mass is 9.89. The van der Waals surface area contributed by atoms with Crippen molar-refractivity contribution in [2.24, 2.45) is 29.4 Å². The fourth-order valence-electron chi connectivity index (χ4n) is 10.3. The summed E-state index contributed by atoms with van der Waals surface area (Å²) in [5.74, 6) is -2.20. The molecule has 9 atom stereocenters. The molecule has 3 heterocycles. The number of benzene rings is 1. The van der Waals surface area contributed by atoms with Crippen LogP contribution in [0, 0.1) is 23.7 Å². The normalized spacial score (nSPS) is 19.2. The molecular formula is C51H86N8O8. The van der Waals surface area contributed by atoms with E-state index in [1.165, 1.54) is 5.06 Å². The first-order valence-electron chi connectivity index (χ1n) is 25.1. The Morgan fingerprint density at radius 1 is 0.896 bits per heavy atom. The summed E-state index contributed by atoms with van der Waals surface area (Å²) in [5, 5.41) is 8.55. The van der Waals surface area contributed by atoms with Gasteiger partial charge in [0.15, 0.2) is 0 Å². The summed E-state index contributed by atoms with van der Waals surface area (Å²) < 4.78 is 12.2. The molecule has 0 saturated carbocycles. The number of rotatable bonds is 27. The largest absolute Gasteiger partial charge is 0.379 e. The molecule has 5 amide bonds. The fourth-order valence-corrected chi connectivity index (χ4v) is 10.3. The minimum absolute atomic E-state index is 0.00211. The van der Waals surface area contributed by atoms with E-state index in [0.29, 0.717) is 32.7 Å². The molecule has 0 radical (unpaired) electrons. The van der Waals surface area contributed by atoms with Crippen molar-refractivity contribution in [1.82, 2.24) is 35.4 Å². The third kappa shape index (κ3) is 14.7. The zero-order valence-electron chi connectivity index (χ0n) is 42.7. The molecule has 0 bridgehead atoms. The molecule has 2 aliphatic rings. The number of H-pyrrole nitrogens is 1. The molecule has 0 aliphatic carbocycles. The lowest BCUT2D eigenvalue weighted by Crippen LogP contribution is -2.60. The van der Waals surface area contributed by atoms with Gasteiger partial charge in [0, 0.05) is 57.9 Å². The van der Waals surface area contributed by atoms with E-state index in [-0.39, 0.29) is 60.1 Å². The molecule has 2 aromatic rings. The van der Waals surface area contributed by atoms with Crippen molar-refractivity contribution in [3.8, 4) is 0 Å². The molecule has 5 N–H and O–H groups in total. The number of hydrogen-bond acceptors (Lipinski definition) is 10. The van der Waals surface area contributed by atoms with Gasteiger partial charge in [0.2, 0.25) is 23.6 Å². The number of unbranched alkanes of at least 4 members (excludes halogenated alkanes) is 3. The van der Waals surface area contributed by atoms with Crippen LogP contribution in [0.4, 0.5) is 0 Å². The first-order valence-corrected chi connectivity index (χ1v) is 25.1. The first-order chi connectivity index (χ1) is 32.0. The third-order valence-electron chi connectivity index (χ3n) is 14.3. The van der Waals surface area contributed by atoms with Crippen LogP contribution in [-0.2, 0) is 44.7 Å². The Hall–Kier alpha value is -4.09. The summed E-state index contributed by atoms with van der Waals surface area (Å²) in [6.07, 6.45) is 8.59. The number of nitrogens with one attached hydrogen (secondary N) is 3. The van der Waals surface area contributed by atoms with Gasteiger partial charge in [-0.25, -0.2) is 5.06 Å². The molecule has 67 heavy (non-hydrogen) atoms. The number of likely N-dealkylation sites (N-methyl/N-ethyl adjacent to an activating group) is 2. The van der Waals surface area contributed by atoms with Gasteiger partial charge >= 0.3 is 0 Å². The number of aromatic amines is 1. The summed E-state index contributed by atoms with van der Waals surface area (Å²) in [6, 6.07) is 4.86. The second-order valence-electron chi connectivity index (χ2n) is 19.8. The second-order valence-corrected chi connectivity index (χ2v) is 19.8. The minimum atomic E-state index is -0.894. The third-order valence-corrected chi connectivity index (χ3v) is 14.3. The number of nitrogens with zero attached hydrogens (tertiary/aromatic N) is 4. The van der Waals surface area contributed by atoms with E-state index in [9.17, 15) is 24.0 Å². The maximum atomic E-state index is 14.6. The van der Waals surface area contributed by atoms with E-state index < -0.39 is 48.3 Å². The number of fused-ring (bicyclic) bond motifs is 1. The van der Waals surface area contributed by atoms with Crippen LogP contribution < -0.4 is 16.4 Å². The molecule has 378 valence electrons. The van der Waals surface area contributed by atoms with Crippen LogP contribution in [0.5, 0.6) is 0 Å². The average Bonchev–Trinajstić information content (AvgIpc) is 3.97. The Morgan fingerprint density at radius 2 is 1.61 bits per heavy atom. The predicted molar refractivity (Wildman–Crippen MR) is 263 cm³/mol. The number of nitrogens with two attached hydrogens (primary N) is 1. The summed E-state index contributed by atoms with van der Waals surface area (Å²) >= 11 is 0. The Balaban J connectivity index is 1.49. The zero-order valence-corrected chi connectivity index (χ0v) is 42.7. The number of para-hydroxylation sites is 1. The number of hydrogen-bond donors (Lipinski definition) is 4. The molecule has 4 rings (SSSR count). The molecule has 1 aromatic carbocycles. The van der Waals surface area contributed by atoms with Gasteiger partial charge in [0.05, 0.1) is 49.3 Å². The van der Waals surface area contributed by atoms with Gasteiger partial charge < -0.3 is 40.6 Å². The summed E-state index contributed by atoms with van der Waals surface area (Å²) in [6.45, 7) is 16.6. The highest BCUT2D eigenvalue weighted by Gasteiger charge is 2.44. The van der Waals surface area contributed by atoms with Crippen molar-refractivity contribution >= 4 is 40.4 Å². The van der Waals surface area contributed by atoms with Gasteiger partial charge in [0.1, 0.15) is 12.1 Å². The second kappa shape index (κ2) is 27.2. The van der Waals surface area contributed by atoms with Crippen molar-refractivity contribution in [3.63, 3.8) is 0 Å². The summed E-state index contributed by atoms with van der Waals surface area (Å²) in [5.41, 5.74) is 7.52. The Bertz CT molecular complexity index is 1870. The molecule has 2 aliphatic heterocycles. The first kappa shape index (κ1) is 55.5. The van der Waals surface area contributed by atoms with Crippen LogP contribution in [0.3, 0.4) is 0 Å². The van der Waals surface area contributed by atoms with Crippen molar-refractivity contribution < 1.29 is 38.3 Å². The van der Waals surface area contributed by atoms with Crippen LogP contribution >= 0.6 is 0 Å². The van der Waals surface area contributed by atoms with E-state index in [0.717, 1.165) is 74.4 Å². The molecule has 2 fully saturated rings.